The zero-order valence-corrected chi connectivity index (χ0v) is 26.0. The van der Waals surface area contributed by atoms with E-state index in [-0.39, 0.29) is 45.9 Å². The van der Waals surface area contributed by atoms with Crippen molar-refractivity contribution in [1.29, 1.82) is 0 Å². The zero-order valence-electron chi connectivity index (χ0n) is 25.3. The fourth-order valence-corrected chi connectivity index (χ4v) is 11.6. The number of nitrogens with one attached hydrogen (secondary N) is 1. The van der Waals surface area contributed by atoms with Gasteiger partial charge in [0.1, 0.15) is 0 Å². The molecule has 6 rings (SSSR count). The van der Waals surface area contributed by atoms with Crippen molar-refractivity contribution in [2.24, 2.45) is 51.2 Å². The van der Waals surface area contributed by atoms with E-state index in [1.165, 1.54) is 12.0 Å². The first kappa shape index (κ1) is 28.5. The molecule has 0 heterocycles. The molecule has 1 amide bonds. The molecule has 0 saturated heterocycles. The van der Waals surface area contributed by atoms with Crippen LogP contribution in [0.15, 0.2) is 35.4 Å². The number of Topliss-reactive ketones (excluding diaryl/α,β-unsaturated/α-hetero) is 1. The van der Waals surface area contributed by atoms with Crippen molar-refractivity contribution in [2.45, 2.75) is 105 Å². The van der Waals surface area contributed by atoms with E-state index in [0.29, 0.717) is 34.9 Å². The molecule has 4 nitrogen and oxygen atoms in total. The third-order valence-corrected chi connectivity index (χ3v) is 13.5. The van der Waals surface area contributed by atoms with E-state index < -0.39 is 5.41 Å². The minimum absolute atomic E-state index is 0.0518. The molecule has 5 aliphatic rings. The van der Waals surface area contributed by atoms with Gasteiger partial charge in [-0.15, -0.1) is 0 Å². The van der Waals surface area contributed by atoms with E-state index in [2.05, 4.69) is 46.9 Å². The first-order chi connectivity index (χ1) is 18.8. The van der Waals surface area contributed by atoms with Crippen molar-refractivity contribution in [3.05, 3.63) is 40.4 Å². The number of carbonyl (C=O) groups excluding carboxylic acids is 2. The van der Waals surface area contributed by atoms with Crippen molar-refractivity contribution < 1.29 is 14.7 Å². The lowest BCUT2D eigenvalue weighted by molar-refractivity contribution is -0.203. The SMILES string of the molecule is CC(C)C1=C2C3CCC4[C@@](C)(CCC5C(C)(C)[C@@H](O)CC[C@@]54C)C3CC[C@@]2(C(=O)Nc2ccccc2Cl)CC1=O. The summed E-state index contributed by atoms with van der Waals surface area (Å²) in [7, 11) is 0. The Balaban J connectivity index is 1.39. The number of anilines is 1. The van der Waals surface area contributed by atoms with Gasteiger partial charge in [-0.2, -0.15) is 0 Å². The fourth-order valence-electron chi connectivity index (χ4n) is 11.4. The normalized spacial score (nSPS) is 42.1. The molecule has 4 fully saturated rings. The molecule has 0 spiro atoms. The second-order valence-corrected chi connectivity index (χ2v) is 15.9. The average Bonchev–Trinajstić information content (AvgIpc) is 3.21. The molecule has 2 N–H and O–H groups in total. The minimum Gasteiger partial charge on any atom is -0.393 e. The van der Waals surface area contributed by atoms with Crippen LogP contribution < -0.4 is 5.32 Å². The molecule has 218 valence electrons. The molecule has 8 atom stereocenters. The Bertz CT molecular complexity index is 1270. The third kappa shape index (κ3) is 3.80. The topological polar surface area (TPSA) is 66.4 Å². The number of hydrogen-bond acceptors (Lipinski definition) is 3. The molecule has 0 bridgehead atoms. The highest BCUT2D eigenvalue weighted by atomic mass is 35.5. The maximum absolute atomic E-state index is 14.2. The van der Waals surface area contributed by atoms with Crippen LogP contribution in [0.3, 0.4) is 0 Å². The highest BCUT2D eigenvalue weighted by Crippen LogP contribution is 2.72. The Kier molecular flexibility index (Phi) is 6.71. The lowest BCUT2D eigenvalue weighted by Gasteiger charge is -2.68. The quantitative estimate of drug-likeness (QED) is 0.388. The van der Waals surface area contributed by atoms with Crippen LogP contribution in [0.1, 0.15) is 99.3 Å². The smallest absolute Gasteiger partial charge is 0.235 e. The second kappa shape index (κ2) is 9.43. The molecule has 40 heavy (non-hydrogen) atoms. The van der Waals surface area contributed by atoms with Gasteiger partial charge in [-0.1, -0.05) is 65.3 Å². The Labute approximate surface area is 245 Å². The second-order valence-electron chi connectivity index (χ2n) is 15.5. The highest BCUT2D eigenvalue weighted by Gasteiger charge is 2.67. The number of hydrogen-bond donors (Lipinski definition) is 2. The fraction of sp³-hybridized carbons (Fsp3) is 0.714. The first-order valence-corrected chi connectivity index (χ1v) is 16.2. The molecule has 4 saturated carbocycles. The molecule has 0 radical (unpaired) electrons. The van der Waals surface area contributed by atoms with Gasteiger partial charge >= 0.3 is 0 Å². The number of carbonyl (C=O) groups is 2. The van der Waals surface area contributed by atoms with Crippen LogP contribution in [0, 0.1) is 51.2 Å². The number of rotatable bonds is 3. The summed E-state index contributed by atoms with van der Waals surface area (Å²) in [5.74, 6) is 2.12. The monoisotopic (exact) mass is 565 g/mol. The molecular formula is C35H48ClNO3. The standard InChI is InChI=1S/C35H48ClNO3/c1-20(2)29-25(38)19-35(31(40)37-24-10-8-7-9-23(24)36)18-13-22-21(30(29)35)11-12-27-33(22,5)16-14-26-32(3,4)28(39)15-17-34(26,27)6/h7-10,20-22,26-28,39H,11-19H2,1-6H3,(H,37,40)/t21?,22?,26?,27?,28-,33-,34-,35+/m0/s1. The Morgan fingerprint density at radius 2 is 1.65 bits per heavy atom. The lowest BCUT2D eigenvalue weighted by Crippen LogP contribution is -2.62. The molecule has 1 aromatic carbocycles. The maximum atomic E-state index is 14.2. The molecule has 4 unspecified atom stereocenters. The number of fused-ring (bicyclic) bond motifs is 7. The number of ketones is 1. The zero-order chi connectivity index (χ0) is 28.8. The summed E-state index contributed by atoms with van der Waals surface area (Å²) < 4.78 is 0. The largest absolute Gasteiger partial charge is 0.393 e. The lowest BCUT2D eigenvalue weighted by atomic mass is 9.36. The highest BCUT2D eigenvalue weighted by molar-refractivity contribution is 6.33. The van der Waals surface area contributed by atoms with Crippen molar-refractivity contribution in [1.82, 2.24) is 0 Å². The number of aliphatic hydroxyl groups is 1. The molecule has 5 aliphatic carbocycles. The number of allylic oxidation sites excluding steroid dienone is 1. The van der Waals surface area contributed by atoms with Gasteiger partial charge in [0.05, 0.1) is 22.2 Å². The summed E-state index contributed by atoms with van der Waals surface area (Å²) in [5.41, 5.74) is 2.32. The van der Waals surface area contributed by atoms with Gasteiger partial charge in [-0.25, -0.2) is 0 Å². The van der Waals surface area contributed by atoms with Gasteiger partial charge in [0.25, 0.3) is 0 Å². The first-order valence-electron chi connectivity index (χ1n) is 15.8. The van der Waals surface area contributed by atoms with Crippen molar-refractivity contribution in [3.63, 3.8) is 0 Å². The van der Waals surface area contributed by atoms with Crippen LogP contribution in [-0.2, 0) is 9.59 Å². The van der Waals surface area contributed by atoms with Crippen LogP contribution in [0.2, 0.25) is 5.02 Å². The minimum atomic E-state index is -0.766. The number of benzene rings is 1. The van der Waals surface area contributed by atoms with Gasteiger partial charge in [-0.3, -0.25) is 9.59 Å². The van der Waals surface area contributed by atoms with Gasteiger partial charge in [-0.05, 0) is 120 Å². The predicted octanol–water partition coefficient (Wildman–Crippen LogP) is 8.23. The predicted molar refractivity (Wildman–Crippen MR) is 161 cm³/mol. The van der Waals surface area contributed by atoms with Crippen molar-refractivity contribution in [2.75, 3.05) is 5.32 Å². The van der Waals surface area contributed by atoms with E-state index in [0.717, 1.165) is 50.5 Å². The maximum Gasteiger partial charge on any atom is 0.235 e. The van der Waals surface area contributed by atoms with Crippen molar-refractivity contribution >= 4 is 29.0 Å². The molecular weight excluding hydrogens is 518 g/mol. The molecule has 5 heteroatoms. The molecule has 1 aromatic rings. The third-order valence-electron chi connectivity index (χ3n) is 13.1. The van der Waals surface area contributed by atoms with Crippen LogP contribution in [0.5, 0.6) is 0 Å². The Morgan fingerprint density at radius 1 is 0.950 bits per heavy atom. The summed E-state index contributed by atoms with van der Waals surface area (Å²) in [6.45, 7) is 13.9. The number of amides is 1. The van der Waals surface area contributed by atoms with Gasteiger partial charge < -0.3 is 10.4 Å². The van der Waals surface area contributed by atoms with Gasteiger partial charge in [0.15, 0.2) is 5.78 Å². The van der Waals surface area contributed by atoms with E-state index in [4.69, 9.17) is 11.6 Å². The van der Waals surface area contributed by atoms with E-state index in [1.807, 2.05) is 18.2 Å². The summed E-state index contributed by atoms with van der Waals surface area (Å²) in [5, 5.41) is 14.7. The van der Waals surface area contributed by atoms with Crippen LogP contribution in [0.4, 0.5) is 5.69 Å². The van der Waals surface area contributed by atoms with E-state index >= 15 is 0 Å². The van der Waals surface area contributed by atoms with Crippen LogP contribution >= 0.6 is 11.6 Å². The summed E-state index contributed by atoms with van der Waals surface area (Å²) in [6.07, 6.45) is 8.31. The molecule has 0 aromatic heterocycles. The van der Waals surface area contributed by atoms with Crippen molar-refractivity contribution in [3.8, 4) is 0 Å². The van der Waals surface area contributed by atoms with E-state index in [1.54, 1.807) is 6.07 Å². The van der Waals surface area contributed by atoms with E-state index in [9.17, 15) is 14.7 Å². The molecule has 0 aliphatic heterocycles. The van der Waals surface area contributed by atoms with Crippen LogP contribution in [-0.4, -0.2) is 22.9 Å². The van der Waals surface area contributed by atoms with Gasteiger partial charge in [0.2, 0.25) is 5.91 Å². The number of para-hydroxylation sites is 1. The Hall–Kier alpha value is -1.65. The van der Waals surface area contributed by atoms with Crippen LogP contribution in [0.25, 0.3) is 0 Å². The number of halogens is 1. The summed E-state index contributed by atoms with van der Waals surface area (Å²) in [6, 6.07) is 7.40. The Morgan fingerprint density at radius 3 is 2.35 bits per heavy atom. The van der Waals surface area contributed by atoms with Gasteiger partial charge in [0, 0.05) is 6.42 Å². The summed E-state index contributed by atoms with van der Waals surface area (Å²) in [4.78, 5) is 27.9. The number of aliphatic hydroxyl groups excluding tert-OH is 1. The average molecular weight is 566 g/mol. The summed E-state index contributed by atoms with van der Waals surface area (Å²) >= 11 is 6.45.